The van der Waals surface area contributed by atoms with E-state index in [9.17, 15) is 9.59 Å². The van der Waals surface area contributed by atoms with E-state index in [1.54, 1.807) is 18.5 Å². The molecular formula is C18H24N4O3S. The number of carbonyl (C=O) groups excluding carboxylic acids is 2. The lowest BCUT2D eigenvalue weighted by Gasteiger charge is -2.07. The van der Waals surface area contributed by atoms with Gasteiger partial charge in [-0.15, -0.1) is 10.2 Å². The normalized spacial score (nSPS) is 13.8. The highest BCUT2D eigenvalue weighted by Gasteiger charge is 2.28. The van der Waals surface area contributed by atoms with E-state index in [-0.39, 0.29) is 18.2 Å². The van der Waals surface area contributed by atoms with Crippen molar-refractivity contribution in [2.24, 2.45) is 7.05 Å². The summed E-state index contributed by atoms with van der Waals surface area (Å²) in [6, 6.07) is 2.55. The molecule has 3 rings (SSSR count). The Balaban J connectivity index is 1.64. The molecule has 7 nitrogen and oxygen atoms in total. The van der Waals surface area contributed by atoms with E-state index in [0.717, 1.165) is 17.0 Å². The van der Waals surface area contributed by atoms with Gasteiger partial charge >= 0.3 is 5.97 Å². The molecule has 0 amide bonds. The van der Waals surface area contributed by atoms with Crippen LogP contribution in [0.25, 0.3) is 0 Å². The lowest BCUT2D eigenvalue weighted by molar-refractivity contribution is -0.142. The van der Waals surface area contributed by atoms with Gasteiger partial charge in [-0.1, -0.05) is 11.8 Å². The van der Waals surface area contributed by atoms with E-state index in [2.05, 4.69) is 21.7 Å². The van der Waals surface area contributed by atoms with Crippen molar-refractivity contribution in [3.63, 3.8) is 0 Å². The largest absolute Gasteiger partial charge is 0.466 e. The molecule has 0 radical (unpaired) electrons. The van der Waals surface area contributed by atoms with Crippen LogP contribution in [0.1, 0.15) is 53.4 Å². The summed E-state index contributed by atoms with van der Waals surface area (Å²) in [7, 11) is 1.79. The second kappa shape index (κ2) is 7.65. The summed E-state index contributed by atoms with van der Waals surface area (Å²) in [6.07, 6.45) is 2.47. The molecule has 0 spiro atoms. The van der Waals surface area contributed by atoms with Gasteiger partial charge in [0, 0.05) is 30.0 Å². The Hall–Kier alpha value is -2.09. The van der Waals surface area contributed by atoms with Crippen LogP contribution >= 0.6 is 11.8 Å². The van der Waals surface area contributed by atoms with Crippen LogP contribution in [-0.4, -0.2) is 43.4 Å². The van der Waals surface area contributed by atoms with E-state index < -0.39 is 0 Å². The van der Waals surface area contributed by atoms with Gasteiger partial charge in [-0.25, -0.2) is 0 Å². The molecule has 0 bridgehead atoms. The Morgan fingerprint density at radius 3 is 2.69 bits per heavy atom. The topological polar surface area (TPSA) is 79.0 Å². The molecular weight excluding hydrogens is 352 g/mol. The second-order valence-electron chi connectivity index (χ2n) is 6.54. The molecule has 8 heteroatoms. The first-order chi connectivity index (χ1) is 12.4. The molecule has 0 N–H and O–H groups in total. The monoisotopic (exact) mass is 376 g/mol. The number of nitrogens with zero attached hydrogens (tertiary/aromatic N) is 4. The minimum Gasteiger partial charge on any atom is -0.466 e. The Kier molecular flexibility index (Phi) is 5.50. The standard InChI is InChI=1S/C18H24N4O3S/c1-5-25-17(24)9-16-19-20-18(21(16)4)26-10-15(23)14-8-11(2)22(12(14)3)13-6-7-13/h8,13H,5-7,9-10H2,1-4H3. The number of esters is 1. The zero-order valence-electron chi connectivity index (χ0n) is 15.6. The fourth-order valence-corrected chi connectivity index (χ4v) is 3.94. The van der Waals surface area contributed by atoms with Gasteiger partial charge in [0.2, 0.25) is 0 Å². The first-order valence-electron chi connectivity index (χ1n) is 8.80. The van der Waals surface area contributed by atoms with Crippen molar-refractivity contribution in [3.8, 4) is 0 Å². The predicted molar refractivity (Wildman–Crippen MR) is 98.6 cm³/mol. The predicted octanol–water partition coefficient (Wildman–Crippen LogP) is 2.65. The van der Waals surface area contributed by atoms with Crippen molar-refractivity contribution >= 4 is 23.5 Å². The minimum absolute atomic E-state index is 0.0778. The quantitative estimate of drug-likeness (QED) is 0.400. The van der Waals surface area contributed by atoms with E-state index in [1.165, 1.54) is 24.6 Å². The first kappa shape index (κ1) is 18.7. The van der Waals surface area contributed by atoms with Crippen molar-refractivity contribution in [3.05, 3.63) is 28.8 Å². The van der Waals surface area contributed by atoms with Crippen molar-refractivity contribution in [1.82, 2.24) is 19.3 Å². The van der Waals surface area contributed by atoms with Crippen LogP contribution in [0.3, 0.4) is 0 Å². The maximum atomic E-state index is 12.7. The maximum Gasteiger partial charge on any atom is 0.313 e. The third kappa shape index (κ3) is 3.85. The minimum atomic E-state index is -0.330. The highest BCUT2D eigenvalue weighted by Crippen LogP contribution is 2.38. The molecule has 2 heterocycles. The zero-order chi connectivity index (χ0) is 18.8. The van der Waals surface area contributed by atoms with Gasteiger partial charge in [-0.2, -0.15) is 0 Å². The van der Waals surface area contributed by atoms with Gasteiger partial charge in [0.1, 0.15) is 12.2 Å². The summed E-state index contributed by atoms with van der Waals surface area (Å²) in [5.74, 6) is 0.582. The zero-order valence-corrected chi connectivity index (χ0v) is 16.4. The molecule has 2 aromatic rings. The van der Waals surface area contributed by atoms with Crippen LogP contribution < -0.4 is 0 Å². The maximum absolute atomic E-state index is 12.7. The van der Waals surface area contributed by atoms with Crippen LogP contribution in [0.5, 0.6) is 0 Å². The van der Waals surface area contributed by atoms with Crippen LogP contribution in [0.2, 0.25) is 0 Å². The second-order valence-corrected chi connectivity index (χ2v) is 7.48. The highest BCUT2D eigenvalue weighted by molar-refractivity contribution is 7.99. The SMILES string of the molecule is CCOC(=O)Cc1nnc(SCC(=O)c2cc(C)n(C3CC3)c2C)n1C. The van der Waals surface area contributed by atoms with Gasteiger partial charge in [0.05, 0.1) is 12.4 Å². The Bertz CT molecular complexity index is 836. The molecule has 0 aromatic carbocycles. The van der Waals surface area contributed by atoms with Crippen molar-refractivity contribution in [2.45, 2.75) is 51.2 Å². The molecule has 0 saturated heterocycles. The average Bonchev–Trinajstić information content (AvgIpc) is 3.30. The molecule has 1 aliphatic carbocycles. The first-order valence-corrected chi connectivity index (χ1v) is 9.79. The summed E-state index contributed by atoms with van der Waals surface area (Å²) < 4.78 is 8.95. The van der Waals surface area contributed by atoms with E-state index in [0.29, 0.717) is 29.4 Å². The number of thioether (sulfide) groups is 1. The summed E-state index contributed by atoms with van der Waals surface area (Å²) in [6.45, 7) is 6.18. The van der Waals surface area contributed by atoms with Crippen LogP contribution in [0.15, 0.2) is 11.2 Å². The Morgan fingerprint density at radius 2 is 2.04 bits per heavy atom. The molecule has 26 heavy (non-hydrogen) atoms. The van der Waals surface area contributed by atoms with Gasteiger partial charge in [0.15, 0.2) is 10.9 Å². The molecule has 1 fully saturated rings. The van der Waals surface area contributed by atoms with Crippen molar-refractivity contribution in [2.75, 3.05) is 12.4 Å². The summed E-state index contributed by atoms with van der Waals surface area (Å²) >= 11 is 1.34. The molecule has 2 aromatic heterocycles. The average molecular weight is 376 g/mol. The Morgan fingerprint density at radius 1 is 1.31 bits per heavy atom. The number of aryl methyl sites for hydroxylation is 1. The number of aromatic nitrogens is 4. The lowest BCUT2D eigenvalue weighted by Crippen LogP contribution is -2.11. The van der Waals surface area contributed by atoms with E-state index in [4.69, 9.17) is 4.74 Å². The molecule has 0 atom stereocenters. The van der Waals surface area contributed by atoms with Crippen LogP contribution in [0, 0.1) is 13.8 Å². The fourth-order valence-electron chi connectivity index (χ4n) is 3.13. The third-order valence-corrected chi connectivity index (χ3v) is 5.58. The number of ketones is 1. The van der Waals surface area contributed by atoms with Gasteiger partial charge < -0.3 is 13.9 Å². The molecule has 0 aliphatic heterocycles. The van der Waals surface area contributed by atoms with Gasteiger partial charge in [-0.3, -0.25) is 9.59 Å². The number of hydrogen-bond acceptors (Lipinski definition) is 6. The van der Waals surface area contributed by atoms with Crippen LogP contribution in [-0.2, 0) is 23.0 Å². The van der Waals surface area contributed by atoms with Gasteiger partial charge in [0.25, 0.3) is 0 Å². The van der Waals surface area contributed by atoms with E-state index in [1.807, 2.05) is 13.0 Å². The lowest BCUT2D eigenvalue weighted by atomic mass is 10.2. The number of carbonyl (C=O) groups is 2. The Labute approximate surface area is 157 Å². The molecule has 140 valence electrons. The highest BCUT2D eigenvalue weighted by atomic mass is 32.2. The number of rotatable bonds is 8. The van der Waals surface area contributed by atoms with Crippen molar-refractivity contribution in [1.29, 1.82) is 0 Å². The third-order valence-electron chi connectivity index (χ3n) is 4.56. The fraction of sp³-hybridized carbons (Fsp3) is 0.556. The summed E-state index contributed by atoms with van der Waals surface area (Å²) in [5, 5.41) is 8.74. The number of ether oxygens (including phenoxy) is 1. The summed E-state index contributed by atoms with van der Waals surface area (Å²) in [4.78, 5) is 24.3. The molecule has 1 aliphatic rings. The van der Waals surface area contributed by atoms with Crippen LogP contribution in [0.4, 0.5) is 0 Å². The van der Waals surface area contributed by atoms with E-state index >= 15 is 0 Å². The van der Waals surface area contributed by atoms with Crippen molar-refractivity contribution < 1.29 is 14.3 Å². The number of hydrogen-bond donors (Lipinski definition) is 0. The van der Waals surface area contributed by atoms with Gasteiger partial charge in [-0.05, 0) is 39.7 Å². The smallest absolute Gasteiger partial charge is 0.313 e. The number of Topliss-reactive ketones (excluding diaryl/α,β-unsaturated/α-hetero) is 1. The molecule has 0 unspecified atom stereocenters. The molecule has 1 saturated carbocycles. The summed E-state index contributed by atoms with van der Waals surface area (Å²) in [5.41, 5.74) is 2.99.